The predicted molar refractivity (Wildman–Crippen MR) is 76.2 cm³/mol. The van der Waals surface area contributed by atoms with Crippen molar-refractivity contribution in [3.05, 3.63) is 45.3 Å². The number of benzene rings is 1. The van der Waals surface area contributed by atoms with Gasteiger partial charge in [-0.25, -0.2) is 14.8 Å². The topological polar surface area (TPSA) is 75.1 Å². The maximum Gasteiger partial charge on any atom is 0.339 e. The number of hydrogen-bond acceptors (Lipinski definition) is 4. The third-order valence-electron chi connectivity index (χ3n) is 2.29. The largest absolute Gasteiger partial charge is 0.478 e. The molecule has 0 radical (unpaired) electrons. The highest BCUT2D eigenvalue weighted by molar-refractivity contribution is 14.1. The summed E-state index contributed by atoms with van der Waals surface area (Å²) in [5.74, 6) is -0.632. The zero-order valence-electron chi connectivity index (χ0n) is 9.51. The number of nitrogens with zero attached hydrogens (tertiary/aromatic N) is 2. The monoisotopic (exact) mass is 355 g/mol. The summed E-state index contributed by atoms with van der Waals surface area (Å²) in [6.07, 6.45) is 1.31. The van der Waals surface area contributed by atoms with E-state index >= 15 is 0 Å². The van der Waals surface area contributed by atoms with Gasteiger partial charge in [0, 0.05) is 15.5 Å². The summed E-state index contributed by atoms with van der Waals surface area (Å²) >= 11 is 2.21. The van der Waals surface area contributed by atoms with Crippen LogP contribution in [0.5, 0.6) is 0 Å². The molecule has 2 rings (SSSR count). The molecular weight excluding hydrogens is 345 g/mol. The second-order valence-corrected chi connectivity index (χ2v) is 4.88. The van der Waals surface area contributed by atoms with Crippen LogP contribution >= 0.6 is 22.6 Å². The number of aryl methyl sites for hydroxylation is 1. The minimum atomic E-state index is -1.02. The van der Waals surface area contributed by atoms with Crippen molar-refractivity contribution in [1.82, 2.24) is 9.97 Å². The van der Waals surface area contributed by atoms with Crippen molar-refractivity contribution in [2.24, 2.45) is 0 Å². The molecule has 18 heavy (non-hydrogen) atoms. The van der Waals surface area contributed by atoms with E-state index in [1.165, 1.54) is 6.20 Å². The van der Waals surface area contributed by atoms with Gasteiger partial charge < -0.3 is 10.4 Å². The van der Waals surface area contributed by atoms with Crippen molar-refractivity contribution in [2.75, 3.05) is 5.32 Å². The van der Waals surface area contributed by atoms with Gasteiger partial charge in [0.25, 0.3) is 0 Å². The van der Waals surface area contributed by atoms with Crippen molar-refractivity contribution in [1.29, 1.82) is 0 Å². The quantitative estimate of drug-likeness (QED) is 0.829. The fraction of sp³-hybridized carbons (Fsp3) is 0.0833. The summed E-state index contributed by atoms with van der Waals surface area (Å²) in [7, 11) is 0. The van der Waals surface area contributed by atoms with Crippen molar-refractivity contribution in [3.63, 3.8) is 0 Å². The second kappa shape index (κ2) is 5.30. The van der Waals surface area contributed by atoms with Crippen LogP contribution in [0.25, 0.3) is 0 Å². The molecule has 6 heteroatoms. The first kappa shape index (κ1) is 12.7. The lowest BCUT2D eigenvalue weighted by Gasteiger charge is -2.06. The first-order valence-electron chi connectivity index (χ1n) is 5.16. The average Bonchev–Trinajstić information content (AvgIpc) is 2.28. The molecule has 0 unspecified atom stereocenters. The minimum Gasteiger partial charge on any atom is -0.478 e. The highest BCUT2D eigenvalue weighted by atomic mass is 127. The Morgan fingerprint density at radius 1 is 1.44 bits per heavy atom. The molecule has 0 aliphatic carbocycles. The van der Waals surface area contributed by atoms with Gasteiger partial charge in [-0.05, 0) is 47.7 Å². The van der Waals surface area contributed by atoms with Crippen LogP contribution in [0.3, 0.4) is 0 Å². The lowest BCUT2D eigenvalue weighted by atomic mass is 10.2. The summed E-state index contributed by atoms with van der Waals surface area (Å²) in [4.78, 5) is 18.9. The van der Waals surface area contributed by atoms with E-state index in [4.69, 9.17) is 5.11 Å². The van der Waals surface area contributed by atoms with E-state index in [0.717, 1.165) is 9.26 Å². The van der Waals surface area contributed by atoms with Gasteiger partial charge in [-0.3, -0.25) is 0 Å². The number of aromatic carboxylic acids is 1. The highest BCUT2D eigenvalue weighted by Gasteiger charge is 2.09. The molecule has 2 aromatic rings. The molecule has 0 saturated heterocycles. The van der Waals surface area contributed by atoms with Gasteiger partial charge in [0.2, 0.25) is 5.95 Å². The zero-order valence-corrected chi connectivity index (χ0v) is 11.7. The standard InChI is InChI=1S/C12H10IN3O2/c1-7-10(11(17)18)6-14-12(15-7)16-9-4-2-3-8(13)5-9/h2-6H,1H3,(H,17,18)(H,14,15,16). The molecule has 0 fully saturated rings. The van der Waals surface area contributed by atoms with E-state index in [9.17, 15) is 4.79 Å². The van der Waals surface area contributed by atoms with E-state index < -0.39 is 5.97 Å². The maximum atomic E-state index is 10.8. The van der Waals surface area contributed by atoms with Crippen molar-refractivity contribution >= 4 is 40.2 Å². The second-order valence-electron chi connectivity index (χ2n) is 3.63. The van der Waals surface area contributed by atoms with Crippen molar-refractivity contribution in [3.8, 4) is 0 Å². The molecule has 0 amide bonds. The molecule has 0 aliphatic heterocycles. The Bertz CT molecular complexity index is 602. The first-order chi connectivity index (χ1) is 8.56. The Morgan fingerprint density at radius 3 is 2.83 bits per heavy atom. The van der Waals surface area contributed by atoms with Crippen LogP contribution < -0.4 is 5.32 Å². The van der Waals surface area contributed by atoms with E-state index in [1.54, 1.807) is 6.92 Å². The number of aromatic nitrogens is 2. The number of carboxylic acids is 1. The van der Waals surface area contributed by atoms with Crippen LogP contribution in [0.1, 0.15) is 16.1 Å². The number of carboxylic acid groups (broad SMARTS) is 1. The third-order valence-corrected chi connectivity index (χ3v) is 2.96. The molecular formula is C12H10IN3O2. The summed E-state index contributed by atoms with van der Waals surface area (Å²) in [5, 5.41) is 11.9. The Kier molecular flexibility index (Phi) is 3.75. The lowest BCUT2D eigenvalue weighted by molar-refractivity contribution is 0.0695. The molecule has 2 N–H and O–H groups in total. The van der Waals surface area contributed by atoms with Crippen LogP contribution in [-0.4, -0.2) is 21.0 Å². The van der Waals surface area contributed by atoms with Gasteiger partial charge in [-0.15, -0.1) is 0 Å². The number of rotatable bonds is 3. The summed E-state index contributed by atoms with van der Waals surface area (Å²) in [5.41, 5.74) is 1.41. The van der Waals surface area contributed by atoms with Crippen LogP contribution in [-0.2, 0) is 0 Å². The summed E-state index contributed by atoms with van der Waals surface area (Å²) in [6, 6.07) is 7.74. The van der Waals surface area contributed by atoms with E-state index in [1.807, 2.05) is 24.3 Å². The highest BCUT2D eigenvalue weighted by Crippen LogP contribution is 2.16. The Balaban J connectivity index is 2.25. The Hall–Kier alpha value is -1.70. The van der Waals surface area contributed by atoms with Crippen LogP contribution in [0.2, 0.25) is 0 Å². The summed E-state index contributed by atoms with van der Waals surface area (Å²) in [6.45, 7) is 1.64. The molecule has 92 valence electrons. The average molecular weight is 355 g/mol. The van der Waals surface area contributed by atoms with Crippen LogP contribution in [0.4, 0.5) is 11.6 Å². The van der Waals surface area contributed by atoms with Crippen molar-refractivity contribution < 1.29 is 9.90 Å². The Morgan fingerprint density at radius 2 is 2.22 bits per heavy atom. The Labute approximate surface area is 117 Å². The number of carbonyl (C=O) groups is 1. The zero-order chi connectivity index (χ0) is 13.1. The maximum absolute atomic E-state index is 10.8. The normalized spacial score (nSPS) is 10.1. The number of hydrogen-bond donors (Lipinski definition) is 2. The molecule has 5 nitrogen and oxygen atoms in total. The lowest BCUT2D eigenvalue weighted by Crippen LogP contribution is -2.06. The smallest absolute Gasteiger partial charge is 0.339 e. The molecule has 0 saturated carbocycles. The summed E-state index contributed by atoms with van der Waals surface area (Å²) < 4.78 is 1.09. The van der Waals surface area contributed by atoms with Gasteiger partial charge in [-0.2, -0.15) is 0 Å². The third kappa shape index (κ3) is 2.95. The van der Waals surface area contributed by atoms with Gasteiger partial charge >= 0.3 is 5.97 Å². The van der Waals surface area contributed by atoms with Gasteiger partial charge in [0.1, 0.15) is 0 Å². The van der Waals surface area contributed by atoms with E-state index in [2.05, 4.69) is 37.9 Å². The number of halogens is 1. The molecule has 1 aromatic heterocycles. The van der Waals surface area contributed by atoms with Crippen molar-refractivity contribution in [2.45, 2.75) is 6.92 Å². The SMILES string of the molecule is Cc1nc(Nc2cccc(I)c2)ncc1C(=O)O. The van der Waals surface area contributed by atoms with Crippen LogP contribution in [0.15, 0.2) is 30.5 Å². The van der Waals surface area contributed by atoms with E-state index in [-0.39, 0.29) is 5.56 Å². The molecule has 0 bridgehead atoms. The van der Waals surface area contributed by atoms with Gasteiger partial charge in [0.05, 0.1) is 11.3 Å². The molecule has 0 aliphatic rings. The van der Waals surface area contributed by atoms with Gasteiger partial charge in [0.15, 0.2) is 0 Å². The minimum absolute atomic E-state index is 0.114. The van der Waals surface area contributed by atoms with Gasteiger partial charge in [-0.1, -0.05) is 6.07 Å². The first-order valence-corrected chi connectivity index (χ1v) is 6.23. The molecule has 0 spiro atoms. The number of anilines is 2. The molecule has 1 heterocycles. The fourth-order valence-electron chi connectivity index (χ4n) is 1.43. The predicted octanol–water partition coefficient (Wildman–Crippen LogP) is 2.83. The number of nitrogens with one attached hydrogen (secondary N) is 1. The molecule has 1 aromatic carbocycles. The van der Waals surface area contributed by atoms with Crippen LogP contribution in [0, 0.1) is 10.5 Å². The molecule has 0 atom stereocenters. The van der Waals surface area contributed by atoms with E-state index in [0.29, 0.717) is 11.6 Å². The fourth-order valence-corrected chi connectivity index (χ4v) is 1.98.